The number of ether oxygens (including phenoxy) is 2. The first-order valence-corrected chi connectivity index (χ1v) is 5.11. The van der Waals surface area contributed by atoms with Crippen molar-refractivity contribution >= 4 is 28.1 Å². The predicted molar refractivity (Wildman–Crippen MR) is 60.8 cm³/mol. The summed E-state index contributed by atoms with van der Waals surface area (Å²) in [5.74, 6) is 0.114. The van der Waals surface area contributed by atoms with Gasteiger partial charge in [0.1, 0.15) is 0 Å². The van der Waals surface area contributed by atoms with Crippen LogP contribution in [0.2, 0.25) is 0 Å². The second-order valence-electron chi connectivity index (χ2n) is 2.90. The Balaban J connectivity index is 3.04. The standard InChI is InChI=1S/C10H10BrNO4/c1-15-8-3-7(11)6(4-13)2-9(8)16-5-10(12)14/h2-4H,5H2,1H3,(H2,12,14). The lowest BCUT2D eigenvalue weighted by Crippen LogP contribution is -2.20. The Morgan fingerprint density at radius 2 is 2.19 bits per heavy atom. The third kappa shape index (κ3) is 2.96. The first-order chi connectivity index (χ1) is 7.58. The number of aldehydes is 1. The van der Waals surface area contributed by atoms with Gasteiger partial charge in [-0.3, -0.25) is 9.59 Å². The van der Waals surface area contributed by atoms with Crippen molar-refractivity contribution in [1.29, 1.82) is 0 Å². The van der Waals surface area contributed by atoms with E-state index in [0.717, 1.165) is 0 Å². The number of halogens is 1. The average Bonchev–Trinajstić information content (AvgIpc) is 2.26. The van der Waals surface area contributed by atoms with Crippen molar-refractivity contribution in [2.75, 3.05) is 13.7 Å². The van der Waals surface area contributed by atoms with Crippen LogP contribution in [0.15, 0.2) is 16.6 Å². The van der Waals surface area contributed by atoms with Crippen LogP contribution < -0.4 is 15.2 Å². The van der Waals surface area contributed by atoms with E-state index in [1.54, 1.807) is 6.07 Å². The molecule has 86 valence electrons. The molecule has 16 heavy (non-hydrogen) atoms. The van der Waals surface area contributed by atoms with Crippen molar-refractivity contribution in [2.24, 2.45) is 5.73 Å². The van der Waals surface area contributed by atoms with Crippen LogP contribution in [-0.4, -0.2) is 25.9 Å². The summed E-state index contributed by atoms with van der Waals surface area (Å²) in [7, 11) is 1.46. The van der Waals surface area contributed by atoms with Crippen LogP contribution in [0.3, 0.4) is 0 Å². The largest absolute Gasteiger partial charge is 0.493 e. The summed E-state index contributed by atoms with van der Waals surface area (Å²) in [6.07, 6.45) is 0.667. The van der Waals surface area contributed by atoms with Crippen molar-refractivity contribution in [2.45, 2.75) is 0 Å². The highest BCUT2D eigenvalue weighted by Crippen LogP contribution is 2.32. The minimum Gasteiger partial charge on any atom is -0.493 e. The van der Waals surface area contributed by atoms with Gasteiger partial charge in [0.15, 0.2) is 24.4 Å². The summed E-state index contributed by atoms with van der Waals surface area (Å²) in [5.41, 5.74) is 5.35. The van der Waals surface area contributed by atoms with Crippen molar-refractivity contribution in [3.63, 3.8) is 0 Å². The molecule has 0 fully saturated rings. The lowest BCUT2D eigenvalue weighted by molar-refractivity contribution is -0.119. The first kappa shape index (κ1) is 12.5. The molecule has 1 aromatic rings. The molecule has 0 saturated heterocycles. The highest BCUT2D eigenvalue weighted by molar-refractivity contribution is 9.10. The summed E-state index contributed by atoms with van der Waals surface area (Å²) < 4.78 is 10.7. The SMILES string of the molecule is COc1cc(Br)c(C=O)cc1OCC(N)=O. The number of benzene rings is 1. The van der Waals surface area contributed by atoms with Crippen LogP contribution in [0.5, 0.6) is 11.5 Å². The van der Waals surface area contributed by atoms with Gasteiger partial charge in [-0.2, -0.15) is 0 Å². The predicted octanol–water partition coefficient (Wildman–Crippen LogP) is 1.13. The molecule has 0 unspecified atom stereocenters. The maximum Gasteiger partial charge on any atom is 0.255 e. The van der Waals surface area contributed by atoms with Gasteiger partial charge >= 0.3 is 0 Å². The topological polar surface area (TPSA) is 78.6 Å². The molecule has 0 bridgehead atoms. The molecule has 0 atom stereocenters. The zero-order valence-corrected chi connectivity index (χ0v) is 10.1. The molecular formula is C10H10BrNO4. The Morgan fingerprint density at radius 3 is 2.69 bits per heavy atom. The molecule has 0 heterocycles. The van der Waals surface area contributed by atoms with E-state index in [2.05, 4.69) is 15.9 Å². The maximum absolute atomic E-state index is 10.7. The highest BCUT2D eigenvalue weighted by Gasteiger charge is 2.10. The van der Waals surface area contributed by atoms with Crippen molar-refractivity contribution in [3.8, 4) is 11.5 Å². The van der Waals surface area contributed by atoms with Crippen LogP contribution in [0.25, 0.3) is 0 Å². The Morgan fingerprint density at radius 1 is 1.50 bits per heavy atom. The van der Waals surface area contributed by atoms with E-state index in [1.807, 2.05) is 0 Å². The quantitative estimate of drug-likeness (QED) is 0.824. The molecule has 5 nitrogen and oxygen atoms in total. The molecule has 0 aliphatic carbocycles. The molecule has 0 aliphatic rings. The van der Waals surface area contributed by atoms with Gasteiger partial charge in [-0.25, -0.2) is 0 Å². The number of methoxy groups -OCH3 is 1. The second kappa shape index (κ2) is 5.50. The lowest BCUT2D eigenvalue weighted by atomic mass is 10.2. The van der Waals surface area contributed by atoms with Crippen molar-refractivity contribution in [1.82, 2.24) is 0 Å². The van der Waals surface area contributed by atoms with Crippen LogP contribution in [-0.2, 0) is 4.79 Å². The van der Waals surface area contributed by atoms with Gasteiger partial charge in [0.25, 0.3) is 5.91 Å². The molecule has 6 heteroatoms. The fourth-order valence-corrected chi connectivity index (χ4v) is 1.48. The average molecular weight is 288 g/mol. The molecule has 0 radical (unpaired) electrons. The third-order valence-corrected chi connectivity index (χ3v) is 2.47. The van der Waals surface area contributed by atoms with Gasteiger partial charge in [-0.05, 0) is 28.1 Å². The molecule has 2 N–H and O–H groups in total. The minimum absolute atomic E-state index is 0.268. The zero-order chi connectivity index (χ0) is 12.1. The fraction of sp³-hybridized carbons (Fsp3) is 0.200. The summed E-state index contributed by atoms with van der Waals surface area (Å²) >= 11 is 3.20. The van der Waals surface area contributed by atoms with Gasteiger partial charge in [0, 0.05) is 10.0 Å². The monoisotopic (exact) mass is 287 g/mol. The first-order valence-electron chi connectivity index (χ1n) is 4.32. The Hall–Kier alpha value is -1.56. The number of carbonyl (C=O) groups excluding carboxylic acids is 2. The van der Waals surface area contributed by atoms with Crippen molar-refractivity contribution in [3.05, 3.63) is 22.2 Å². The molecule has 1 rings (SSSR count). The van der Waals surface area contributed by atoms with E-state index in [0.29, 0.717) is 27.8 Å². The van der Waals surface area contributed by atoms with E-state index in [9.17, 15) is 9.59 Å². The minimum atomic E-state index is -0.599. The number of hydrogen-bond acceptors (Lipinski definition) is 4. The van der Waals surface area contributed by atoms with E-state index < -0.39 is 5.91 Å². The van der Waals surface area contributed by atoms with Gasteiger partial charge in [-0.1, -0.05) is 0 Å². The van der Waals surface area contributed by atoms with Crippen LogP contribution >= 0.6 is 15.9 Å². The van der Waals surface area contributed by atoms with Crippen molar-refractivity contribution < 1.29 is 19.1 Å². The molecule has 1 amide bonds. The molecule has 0 aliphatic heterocycles. The normalized spacial score (nSPS) is 9.62. The molecule has 0 saturated carbocycles. The Kier molecular flexibility index (Phi) is 4.30. The van der Waals surface area contributed by atoms with Gasteiger partial charge in [0.05, 0.1) is 7.11 Å². The number of rotatable bonds is 5. The number of primary amides is 1. The van der Waals surface area contributed by atoms with Gasteiger partial charge in [-0.15, -0.1) is 0 Å². The van der Waals surface area contributed by atoms with E-state index in [-0.39, 0.29) is 6.61 Å². The summed E-state index contributed by atoms with van der Waals surface area (Å²) in [5, 5.41) is 0. The number of amides is 1. The molecule has 1 aromatic carbocycles. The number of carbonyl (C=O) groups is 2. The van der Waals surface area contributed by atoms with E-state index in [4.69, 9.17) is 15.2 Å². The Labute approximate surface area is 101 Å². The van der Waals surface area contributed by atoms with E-state index >= 15 is 0 Å². The highest BCUT2D eigenvalue weighted by atomic mass is 79.9. The third-order valence-electron chi connectivity index (χ3n) is 1.78. The lowest BCUT2D eigenvalue weighted by Gasteiger charge is -2.10. The van der Waals surface area contributed by atoms with Gasteiger partial charge < -0.3 is 15.2 Å². The van der Waals surface area contributed by atoms with Crippen LogP contribution in [0.4, 0.5) is 0 Å². The maximum atomic E-state index is 10.7. The summed E-state index contributed by atoms with van der Waals surface area (Å²) in [6.45, 7) is -0.268. The fourth-order valence-electron chi connectivity index (χ4n) is 1.06. The van der Waals surface area contributed by atoms with Crippen LogP contribution in [0, 0.1) is 0 Å². The van der Waals surface area contributed by atoms with Crippen LogP contribution in [0.1, 0.15) is 10.4 Å². The molecule has 0 aromatic heterocycles. The second-order valence-corrected chi connectivity index (χ2v) is 3.75. The summed E-state index contributed by atoms with van der Waals surface area (Å²) in [6, 6.07) is 3.05. The zero-order valence-electron chi connectivity index (χ0n) is 8.53. The molecule has 0 spiro atoms. The number of nitrogens with two attached hydrogens (primary N) is 1. The Bertz CT molecular complexity index is 420. The summed E-state index contributed by atoms with van der Waals surface area (Å²) in [4.78, 5) is 21.3. The molecular weight excluding hydrogens is 278 g/mol. The van der Waals surface area contributed by atoms with Gasteiger partial charge in [0.2, 0.25) is 0 Å². The van der Waals surface area contributed by atoms with E-state index in [1.165, 1.54) is 13.2 Å². The smallest absolute Gasteiger partial charge is 0.255 e. The number of hydrogen-bond donors (Lipinski definition) is 1.